The molecule has 10 aromatic rings. The summed E-state index contributed by atoms with van der Waals surface area (Å²) in [5, 5.41) is 8.69. The van der Waals surface area contributed by atoms with Crippen molar-refractivity contribution in [1.29, 1.82) is 0 Å². The van der Waals surface area contributed by atoms with Gasteiger partial charge in [0, 0.05) is 21.8 Å². The summed E-state index contributed by atoms with van der Waals surface area (Å²) >= 11 is 0. The Labute approximate surface area is 398 Å². The Morgan fingerprint density at radius 1 is 0.338 bits per heavy atom. The number of anilines is 1. The van der Waals surface area contributed by atoms with Gasteiger partial charge in [-0.3, -0.25) is 0 Å². The first-order valence-electron chi connectivity index (χ1n) is 24.3. The van der Waals surface area contributed by atoms with Gasteiger partial charge in [-0.05, 0) is 164 Å². The third kappa shape index (κ3) is 5.35. The Balaban J connectivity index is 0.969. The minimum Gasteiger partial charge on any atom is -0.464 e. The summed E-state index contributed by atoms with van der Waals surface area (Å²) in [6.07, 6.45) is -0.199. The highest BCUT2D eigenvalue weighted by atomic mass is 16.5. The van der Waals surface area contributed by atoms with Crippen molar-refractivity contribution in [3.8, 4) is 72.5 Å². The number of ether oxygens (including phenoxy) is 1. The lowest BCUT2D eigenvalue weighted by atomic mass is 9.77. The summed E-state index contributed by atoms with van der Waals surface area (Å²) in [5.74, 6) is 0.895. The van der Waals surface area contributed by atoms with E-state index in [2.05, 4.69) is 217 Å². The van der Waals surface area contributed by atoms with E-state index >= 15 is 0 Å². The smallest absolute Gasteiger partial charge is 0.196 e. The van der Waals surface area contributed by atoms with Crippen molar-refractivity contribution in [3.63, 3.8) is 0 Å². The number of benzene rings is 10. The molecular formula is C66H51NO. The first-order chi connectivity index (χ1) is 33.0. The Morgan fingerprint density at radius 2 is 0.765 bits per heavy atom. The molecule has 2 nitrogen and oxygen atoms in total. The molecular weight excluding hydrogens is 823 g/mol. The van der Waals surface area contributed by atoms with Gasteiger partial charge in [-0.2, -0.15) is 0 Å². The maximum absolute atomic E-state index is 6.27. The summed E-state index contributed by atoms with van der Waals surface area (Å²) < 4.78 is 6.27. The molecule has 10 aromatic carbocycles. The van der Waals surface area contributed by atoms with E-state index < -0.39 is 0 Å². The van der Waals surface area contributed by atoms with Crippen molar-refractivity contribution >= 4 is 27.2 Å². The summed E-state index contributed by atoms with van der Waals surface area (Å²) in [6.45, 7) is 14.4. The fourth-order valence-corrected chi connectivity index (χ4v) is 12.9. The second-order valence-corrected chi connectivity index (χ2v) is 21.2. The van der Waals surface area contributed by atoms with Crippen molar-refractivity contribution in [2.24, 2.45) is 0 Å². The zero-order valence-corrected chi connectivity index (χ0v) is 39.4. The molecule has 68 heavy (non-hydrogen) atoms. The second kappa shape index (κ2) is 13.7. The number of hydrogen-bond acceptors (Lipinski definition) is 2. The molecule has 1 atom stereocenters. The Morgan fingerprint density at radius 3 is 1.35 bits per heavy atom. The SMILES string of the molecule is CC1(C)c2ccccc2-c2ccc(-c3c4ccccc4c(-c4ccc5c(c4)C(C)(C)c4ccccc4-5)c4cc5c(cc34)-c3ccc(-c4ccc(C6Nc7ccccc7O6)cc4)cc3C5(C)C)cc21. The monoisotopic (exact) mass is 873 g/mol. The lowest BCUT2D eigenvalue weighted by Crippen LogP contribution is -2.15. The average molecular weight is 874 g/mol. The van der Waals surface area contributed by atoms with E-state index in [0.717, 1.165) is 17.0 Å². The van der Waals surface area contributed by atoms with Crippen molar-refractivity contribution in [2.75, 3.05) is 5.32 Å². The van der Waals surface area contributed by atoms with Gasteiger partial charge in [0.2, 0.25) is 0 Å². The summed E-state index contributed by atoms with van der Waals surface area (Å²) in [4.78, 5) is 0. The van der Waals surface area contributed by atoms with E-state index in [1.165, 1.54) is 122 Å². The molecule has 2 heteroatoms. The highest BCUT2D eigenvalue weighted by Crippen LogP contribution is 2.57. The molecule has 0 saturated carbocycles. The van der Waals surface area contributed by atoms with Gasteiger partial charge in [0.25, 0.3) is 0 Å². The Kier molecular flexibility index (Phi) is 7.96. The minimum absolute atomic E-state index is 0.113. The predicted molar refractivity (Wildman–Crippen MR) is 284 cm³/mol. The van der Waals surface area contributed by atoms with Crippen LogP contribution in [0.4, 0.5) is 5.69 Å². The topological polar surface area (TPSA) is 21.3 Å². The maximum atomic E-state index is 6.27. The number of fused-ring (bicyclic) bond motifs is 12. The minimum atomic E-state index is -0.240. The van der Waals surface area contributed by atoms with Crippen molar-refractivity contribution in [2.45, 2.75) is 64.0 Å². The number of nitrogens with one attached hydrogen (secondary N) is 1. The third-order valence-corrected chi connectivity index (χ3v) is 16.5. The van der Waals surface area contributed by atoms with Crippen LogP contribution < -0.4 is 10.1 Å². The predicted octanol–water partition coefficient (Wildman–Crippen LogP) is 17.4. The van der Waals surface area contributed by atoms with Crippen LogP contribution in [0.15, 0.2) is 188 Å². The molecule has 4 aliphatic rings. The summed E-state index contributed by atoms with van der Waals surface area (Å²) in [7, 11) is 0. The van der Waals surface area contributed by atoms with Crippen LogP contribution in [0.3, 0.4) is 0 Å². The molecule has 0 spiro atoms. The van der Waals surface area contributed by atoms with Crippen molar-refractivity contribution in [1.82, 2.24) is 0 Å². The Bertz CT molecular complexity index is 3800. The molecule has 14 rings (SSSR count). The number of rotatable bonds is 4. The first kappa shape index (κ1) is 39.5. The van der Waals surface area contributed by atoms with Crippen LogP contribution in [0.25, 0.3) is 88.3 Å². The Hall–Kier alpha value is -7.68. The normalized spacial score (nSPS) is 16.8. The molecule has 0 aromatic heterocycles. The van der Waals surface area contributed by atoms with Gasteiger partial charge in [-0.25, -0.2) is 0 Å². The fraction of sp³-hybridized carbons (Fsp3) is 0.152. The molecule has 326 valence electrons. The van der Waals surface area contributed by atoms with Gasteiger partial charge < -0.3 is 10.1 Å². The third-order valence-electron chi connectivity index (χ3n) is 16.5. The van der Waals surface area contributed by atoms with Gasteiger partial charge in [-0.15, -0.1) is 0 Å². The first-order valence-corrected chi connectivity index (χ1v) is 24.3. The molecule has 3 aliphatic carbocycles. The van der Waals surface area contributed by atoms with Crippen LogP contribution in [0.2, 0.25) is 0 Å². The van der Waals surface area contributed by atoms with Crippen LogP contribution in [0.1, 0.15) is 86.7 Å². The number of hydrogen-bond donors (Lipinski definition) is 1. The highest BCUT2D eigenvalue weighted by molar-refractivity contribution is 6.23. The standard InChI is InChI=1S/C66H51NO/c1-64(2)53-19-11-9-15-43(53)45-31-28-41(34-56(45)64)61-48-17-7-8-18-49(48)62(42-29-32-46-44-16-10-12-20-54(44)65(3,4)57(46)35-42)52-37-58-50(36-51(52)61)47-30-27-40(33-55(47)66(58,5)6)38-23-25-39(26-24-38)63-67-59-21-13-14-22-60(59)68-63/h7-37,63,67H,1-6H3. The van der Waals surface area contributed by atoms with Crippen molar-refractivity contribution in [3.05, 3.63) is 227 Å². The van der Waals surface area contributed by atoms with Gasteiger partial charge in [0.05, 0.1) is 5.69 Å². The van der Waals surface area contributed by atoms with E-state index in [9.17, 15) is 0 Å². The zero-order chi connectivity index (χ0) is 45.8. The highest BCUT2D eigenvalue weighted by Gasteiger charge is 2.39. The summed E-state index contributed by atoms with van der Waals surface area (Å²) in [6, 6.07) is 71.1. The van der Waals surface area contributed by atoms with Crippen LogP contribution >= 0.6 is 0 Å². The molecule has 0 saturated heterocycles. The lowest BCUT2D eigenvalue weighted by molar-refractivity contribution is 0.260. The second-order valence-electron chi connectivity index (χ2n) is 21.2. The molecule has 1 N–H and O–H groups in total. The number of para-hydroxylation sites is 2. The van der Waals surface area contributed by atoms with E-state index in [1.807, 2.05) is 18.2 Å². The largest absolute Gasteiger partial charge is 0.464 e. The van der Waals surface area contributed by atoms with Crippen LogP contribution in [0.5, 0.6) is 5.75 Å². The van der Waals surface area contributed by atoms with E-state index in [1.54, 1.807) is 0 Å². The van der Waals surface area contributed by atoms with E-state index in [-0.39, 0.29) is 22.5 Å². The molecule has 1 aliphatic heterocycles. The van der Waals surface area contributed by atoms with Crippen LogP contribution in [-0.2, 0) is 16.2 Å². The van der Waals surface area contributed by atoms with Gasteiger partial charge in [-0.1, -0.05) is 187 Å². The lowest BCUT2D eigenvalue weighted by Gasteiger charge is -2.25. The van der Waals surface area contributed by atoms with Gasteiger partial charge >= 0.3 is 0 Å². The fourth-order valence-electron chi connectivity index (χ4n) is 12.9. The van der Waals surface area contributed by atoms with Crippen LogP contribution in [-0.4, -0.2) is 0 Å². The van der Waals surface area contributed by atoms with Crippen LogP contribution in [0, 0.1) is 0 Å². The molecule has 0 amide bonds. The van der Waals surface area contributed by atoms with Crippen molar-refractivity contribution < 1.29 is 4.74 Å². The molecule has 0 bridgehead atoms. The molecule has 1 unspecified atom stereocenters. The molecule has 0 fully saturated rings. The maximum Gasteiger partial charge on any atom is 0.196 e. The summed E-state index contributed by atoms with van der Waals surface area (Å²) in [5.41, 5.74) is 25.6. The molecule has 1 heterocycles. The van der Waals surface area contributed by atoms with E-state index in [4.69, 9.17) is 4.74 Å². The van der Waals surface area contributed by atoms with Gasteiger partial charge in [0.1, 0.15) is 5.75 Å². The quantitative estimate of drug-likeness (QED) is 0.178. The van der Waals surface area contributed by atoms with E-state index in [0.29, 0.717) is 0 Å². The molecule has 0 radical (unpaired) electrons. The average Bonchev–Trinajstić information content (AvgIpc) is 4.04. The van der Waals surface area contributed by atoms with Gasteiger partial charge in [0.15, 0.2) is 6.23 Å². The zero-order valence-electron chi connectivity index (χ0n) is 39.4.